The molecule has 0 amide bonds. The van der Waals surface area contributed by atoms with Crippen molar-refractivity contribution in [3.8, 4) is 11.5 Å². The van der Waals surface area contributed by atoms with Gasteiger partial charge in [0.2, 0.25) is 0 Å². The van der Waals surface area contributed by atoms with E-state index in [1.165, 1.54) is 18.2 Å². The van der Waals surface area contributed by atoms with Gasteiger partial charge in [0.15, 0.2) is 5.82 Å². The van der Waals surface area contributed by atoms with Crippen molar-refractivity contribution in [1.82, 2.24) is 15.0 Å². The van der Waals surface area contributed by atoms with Crippen LogP contribution in [0.2, 0.25) is 0 Å². The molecular formula is C18H14F5N5. The van der Waals surface area contributed by atoms with Crippen molar-refractivity contribution in [2.75, 3.05) is 17.2 Å². The van der Waals surface area contributed by atoms with Crippen LogP contribution in [0.5, 0.6) is 0 Å². The third kappa shape index (κ3) is 4.70. The van der Waals surface area contributed by atoms with E-state index in [1.54, 1.807) is 6.92 Å². The lowest BCUT2D eigenvalue weighted by atomic mass is 10.2. The Morgan fingerprint density at radius 3 is 2.21 bits per heavy atom. The Morgan fingerprint density at radius 1 is 0.893 bits per heavy atom. The predicted molar refractivity (Wildman–Crippen MR) is 94.1 cm³/mol. The fraction of sp³-hybridized carbons (Fsp3) is 0.167. The molecule has 3 aromatic rings. The van der Waals surface area contributed by atoms with Crippen LogP contribution < -0.4 is 10.6 Å². The smallest absolute Gasteiger partial charge is 0.370 e. The number of aromatic nitrogens is 3. The van der Waals surface area contributed by atoms with Gasteiger partial charge in [-0.2, -0.15) is 13.2 Å². The van der Waals surface area contributed by atoms with Gasteiger partial charge in [-0.25, -0.2) is 23.7 Å². The largest absolute Gasteiger partial charge is 0.433 e. The highest BCUT2D eigenvalue weighted by Crippen LogP contribution is 2.29. The average molecular weight is 395 g/mol. The molecule has 0 radical (unpaired) electrons. The molecule has 0 aliphatic heterocycles. The molecule has 0 saturated heterocycles. The fourth-order valence-electron chi connectivity index (χ4n) is 2.39. The second-order valence-electron chi connectivity index (χ2n) is 5.68. The Morgan fingerprint density at radius 2 is 1.57 bits per heavy atom. The van der Waals surface area contributed by atoms with Gasteiger partial charge in [-0.15, -0.1) is 0 Å². The van der Waals surface area contributed by atoms with Gasteiger partial charge in [-0.05, 0) is 31.2 Å². The van der Waals surface area contributed by atoms with E-state index in [1.807, 2.05) is 0 Å². The van der Waals surface area contributed by atoms with E-state index in [0.29, 0.717) is 18.4 Å². The van der Waals surface area contributed by atoms with Gasteiger partial charge in [-0.1, -0.05) is 6.07 Å². The van der Waals surface area contributed by atoms with Gasteiger partial charge < -0.3 is 10.6 Å². The molecule has 1 aromatic carbocycles. The number of pyridine rings is 1. The van der Waals surface area contributed by atoms with Gasteiger partial charge in [0, 0.05) is 24.4 Å². The van der Waals surface area contributed by atoms with Gasteiger partial charge >= 0.3 is 6.18 Å². The summed E-state index contributed by atoms with van der Waals surface area (Å²) in [7, 11) is 0. The van der Waals surface area contributed by atoms with E-state index in [9.17, 15) is 22.0 Å². The van der Waals surface area contributed by atoms with Gasteiger partial charge in [0.05, 0.1) is 0 Å². The van der Waals surface area contributed by atoms with Crippen LogP contribution in [0.15, 0.2) is 42.5 Å². The summed E-state index contributed by atoms with van der Waals surface area (Å²) in [5.74, 6) is -1.22. The summed E-state index contributed by atoms with van der Waals surface area (Å²) in [5, 5.41) is 5.64. The van der Waals surface area contributed by atoms with Crippen molar-refractivity contribution in [3.05, 3.63) is 59.8 Å². The van der Waals surface area contributed by atoms with Crippen LogP contribution in [-0.4, -0.2) is 21.5 Å². The summed E-state index contributed by atoms with van der Waals surface area (Å²) < 4.78 is 65.6. The first-order chi connectivity index (χ1) is 13.2. The molecule has 10 heteroatoms. The molecule has 0 saturated carbocycles. The average Bonchev–Trinajstić information content (AvgIpc) is 2.60. The molecule has 0 bridgehead atoms. The first kappa shape index (κ1) is 19.5. The van der Waals surface area contributed by atoms with Crippen LogP contribution in [-0.2, 0) is 6.18 Å². The molecule has 2 N–H and O–H groups in total. The van der Waals surface area contributed by atoms with Gasteiger partial charge in [0.1, 0.15) is 34.7 Å². The normalized spacial score (nSPS) is 11.4. The van der Waals surface area contributed by atoms with Crippen molar-refractivity contribution in [1.29, 1.82) is 0 Å². The van der Waals surface area contributed by atoms with Crippen molar-refractivity contribution in [2.24, 2.45) is 0 Å². The quantitative estimate of drug-likeness (QED) is 0.595. The molecule has 0 aliphatic carbocycles. The molecule has 0 unspecified atom stereocenters. The highest BCUT2D eigenvalue weighted by molar-refractivity contribution is 5.63. The zero-order chi connectivity index (χ0) is 20.3. The van der Waals surface area contributed by atoms with Crippen LogP contribution in [0.25, 0.3) is 11.5 Å². The van der Waals surface area contributed by atoms with Crippen LogP contribution in [0, 0.1) is 11.6 Å². The van der Waals surface area contributed by atoms with E-state index in [4.69, 9.17) is 0 Å². The topological polar surface area (TPSA) is 62.7 Å². The molecule has 2 aromatic heterocycles. The second-order valence-corrected chi connectivity index (χ2v) is 5.68. The lowest BCUT2D eigenvalue weighted by Crippen LogP contribution is -2.09. The van der Waals surface area contributed by atoms with Crippen molar-refractivity contribution in [2.45, 2.75) is 13.1 Å². The Bertz CT molecular complexity index is 970. The standard InChI is InChI=1S/C18H14F5N5/c1-2-24-15-9-16(25-12-7-10(19)6-11(20)8-12)28-17(27-15)13-4-3-5-14(26-13)18(21,22)23/h3-9H,2H2,1H3,(H2,24,25,27,28). The summed E-state index contributed by atoms with van der Waals surface area (Å²) in [5.41, 5.74) is -1.09. The maximum absolute atomic E-state index is 13.4. The molecule has 0 fully saturated rings. The maximum atomic E-state index is 13.4. The number of benzene rings is 1. The third-order valence-corrected chi connectivity index (χ3v) is 3.49. The minimum atomic E-state index is -4.62. The van der Waals surface area contributed by atoms with Crippen molar-refractivity contribution >= 4 is 17.3 Å². The summed E-state index contributed by atoms with van der Waals surface area (Å²) in [6.45, 7) is 2.29. The fourth-order valence-corrected chi connectivity index (χ4v) is 2.39. The van der Waals surface area contributed by atoms with Gasteiger partial charge in [0.25, 0.3) is 0 Å². The third-order valence-electron chi connectivity index (χ3n) is 3.49. The molecular weight excluding hydrogens is 381 g/mol. The highest BCUT2D eigenvalue weighted by atomic mass is 19.4. The molecule has 28 heavy (non-hydrogen) atoms. The molecule has 0 aliphatic rings. The number of nitrogens with zero attached hydrogens (tertiary/aromatic N) is 3. The maximum Gasteiger partial charge on any atom is 0.433 e. The van der Waals surface area contributed by atoms with E-state index >= 15 is 0 Å². The Labute approximate surface area is 156 Å². The Balaban J connectivity index is 2.02. The lowest BCUT2D eigenvalue weighted by molar-refractivity contribution is -0.141. The first-order valence-corrected chi connectivity index (χ1v) is 8.15. The second kappa shape index (κ2) is 7.75. The summed E-state index contributed by atoms with van der Waals surface area (Å²) >= 11 is 0. The van der Waals surface area contributed by atoms with Gasteiger partial charge in [-0.3, -0.25) is 0 Å². The Hall–Kier alpha value is -3.30. The molecule has 3 rings (SSSR count). The number of anilines is 3. The summed E-state index contributed by atoms with van der Waals surface area (Å²) in [6.07, 6.45) is -4.62. The number of hydrogen-bond acceptors (Lipinski definition) is 5. The Kier molecular flexibility index (Phi) is 5.39. The van der Waals surface area contributed by atoms with E-state index < -0.39 is 23.5 Å². The van der Waals surface area contributed by atoms with Crippen LogP contribution in [0.3, 0.4) is 0 Å². The molecule has 2 heterocycles. The molecule has 146 valence electrons. The minimum Gasteiger partial charge on any atom is -0.370 e. The zero-order valence-electron chi connectivity index (χ0n) is 14.5. The summed E-state index contributed by atoms with van der Waals surface area (Å²) in [4.78, 5) is 11.8. The number of hydrogen-bond donors (Lipinski definition) is 2. The summed E-state index contributed by atoms with van der Waals surface area (Å²) in [6, 6.07) is 7.67. The molecule has 5 nitrogen and oxygen atoms in total. The number of nitrogens with one attached hydrogen (secondary N) is 2. The van der Waals surface area contributed by atoms with Crippen molar-refractivity contribution in [3.63, 3.8) is 0 Å². The van der Waals surface area contributed by atoms with E-state index in [0.717, 1.165) is 18.2 Å². The van der Waals surface area contributed by atoms with Crippen LogP contribution in [0.4, 0.5) is 39.3 Å². The molecule has 0 spiro atoms. The highest BCUT2D eigenvalue weighted by Gasteiger charge is 2.32. The zero-order valence-corrected chi connectivity index (χ0v) is 14.5. The number of rotatable bonds is 5. The SMILES string of the molecule is CCNc1cc(Nc2cc(F)cc(F)c2)nc(-c2cccc(C(F)(F)F)n2)n1. The number of halogens is 5. The molecule has 0 atom stereocenters. The van der Waals surface area contributed by atoms with E-state index in [-0.39, 0.29) is 23.0 Å². The van der Waals surface area contributed by atoms with Crippen molar-refractivity contribution < 1.29 is 22.0 Å². The predicted octanol–water partition coefficient (Wildman–Crippen LogP) is 5.01. The van der Waals surface area contributed by atoms with E-state index in [2.05, 4.69) is 25.6 Å². The first-order valence-electron chi connectivity index (χ1n) is 8.15. The monoisotopic (exact) mass is 395 g/mol. The van der Waals surface area contributed by atoms with Crippen LogP contribution >= 0.6 is 0 Å². The van der Waals surface area contributed by atoms with Crippen LogP contribution in [0.1, 0.15) is 12.6 Å². The number of alkyl halides is 3. The minimum absolute atomic E-state index is 0.0797. The lowest BCUT2D eigenvalue weighted by Gasteiger charge is -2.12.